The number of nitrogens with two attached hydrogens (primary N) is 1. The Labute approximate surface area is 134 Å². The van der Waals surface area contributed by atoms with Crippen molar-refractivity contribution in [1.82, 2.24) is 5.32 Å². The molecule has 3 unspecified atom stereocenters. The molecule has 0 spiro atoms. The zero-order chi connectivity index (χ0) is 15.8. The van der Waals surface area contributed by atoms with Gasteiger partial charge in [0.25, 0.3) is 0 Å². The minimum Gasteiger partial charge on any atom is -0.370 e. The first kappa shape index (κ1) is 17.3. The molecule has 0 aliphatic heterocycles. The van der Waals surface area contributed by atoms with Gasteiger partial charge in [-0.3, -0.25) is 9.59 Å². The van der Waals surface area contributed by atoms with Crippen LogP contribution in [0.25, 0.3) is 0 Å². The zero-order valence-electron chi connectivity index (χ0n) is 13.8. The second-order valence-corrected chi connectivity index (χ2v) is 7.31. The minimum atomic E-state index is -0.234. The Balaban J connectivity index is 1.54. The summed E-state index contributed by atoms with van der Waals surface area (Å²) in [6.07, 6.45) is 13.4. The van der Waals surface area contributed by atoms with Crippen LogP contribution in [0.1, 0.15) is 77.0 Å². The first-order valence-electron chi connectivity index (χ1n) is 9.20. The van der Waals surface area contributed by atoms with Crippen molar-refractivity contribution in [2.24, 2.45) is 23.5 Å². The van der Waals surface area contributed by atoms with E-state index in [1.165, 1.54) is 44.9 Å². The number of rotatable bonds is 8. The van der Waals surface area contributed by atoms with Crippen molar-refractivity contribution in [3.05, 3.63) is 0 Å². The van der Waals surface area contributed by atoms with E-state index in [0.717, 1.165) is 37.6 Å². The van der Waals surface area contributed by atoms with Crippen LogP contribution in [0.5, 0.6) is 0 Å². The third-order valence-corrected chi connectivity index (χ3v) is 5.54. The molecule has 3 N–H and O–H groups in total. The topological polar surface area (TPSA) is 72.2 Å². The molecule has 2 aliphatic rings. The smallest absolute Gasteiger partial charge is 0.220 e. The maximum atomic E-state index is 12.0. The highest BCUT2D eigenvalue weighted by atomic mass is 16.1. The average molecular weight is 308 g/mol. The molecule has 0 heterocycles. The fraction of sp³-hybridized carbons (Fsp3) is 0.889. The Morgan fingerprint density at radius 1 is 0.955 bits per heavy atom. The van der Waals surface area contributed by atoms with Crippen LogP contribution >= 0.6 is 0 Å². The summed E-state index contributed by atoms with van der Waals surface area (Å²) in [6, 6.07) is 0. The predicted molar refractivity (Wildman–Crippen MR) is 88.1 cm³/mol. The van der Waals surface area contributed by atoms with Gasteiger partial charge in [-0.1, -0.05) is 32.1 Å². The SMILES string of the molecule is NC(=O)CCCCCNC(=O)CC1CCC2CCCCC2C1. The molecule has 0 radical (unpaired) electrons. The molecule has 0 aromatic rings. The Morgan fingerprint density at radius 2 is 1.73 bits per heavy atom. The summed E-state index contributed by atoms with van der Waals surface area (Å²) in [7, 11) is 0. The van der Waals surface area contributed by atoms with E-state index in [2.05, 4.69) is 5.32 Å². The predicted octanol–water partition coefficient (Wildman–Crippen LogP) is 3.14. The van der Waals surface area contributed by atoms with Gasteiger partial charge in [0.15, 0.2) is 0 Å². The van der Waals surface area contributed by atoms with E-state index in [1.807, 2.05) is 0 Å². The van der Waals surface area contributed by atoms with Gasteiger partial charge in [0, 0.05) is 19.4 Å². The molecule has 0 aromatic heterocycles. The summed E-state index contributed by atoms with van der Waals surface area (Å²) < 4.78 is 0. The molecule has 3 atom stereocenters. The van der Waals surface area contributed by atoms with Gasteiger partial charge in [-0.15, -0.1) is 0 Å². The van der Waals surface area contributed by atoms with Crippen LogP contribution in [0, 0.1) is 17.8 Å². The van der Waals surface area contributed by atoms with Gasteiger partial charge < -0.3 is 11.1 Å². The molecule has 2 aliphatic carbocycles. The van der Waals surface area contributed by atoms with E-state index in [1.54, 1.807) is 0 Å². The van der Waals surface area contributed by atoms with Crippen molar-refractivity contribution in [2.45, 2.75) is 77.0 Å². The zero-order valence-corrected chi connectivity index (χ0v) is 13.8. The summed E-state index contributed by atoms with van der Waals surface area (Å²) in [5, 5.41) is 3.04. The van der Waals surface area contributed by atoms with E-state index < -0.39 is 0 Å². The minimum absolute atomic E-state index is 0.217. The molecule has 2 rings (SSSR count). The molecule has 126 valence electrons. The first-order chi connectivity index (χ1) is 10.6. The van der Waals surface area contributed by atoms with Crippen molar-refractivity contribution < 1.29 is 9.59 Å². The van der Waals surface area contributed by atoms with Crippen LogP contribution in [0.4, 0.5) is 0 Å². The molecule has 2 fully saturated rings. The maximum Gasteiger partial charge on any atom is 0.220 e. The van der Waals surface area contributed by atoms with Gasteiger partial charge >= 0.3 is 0 Å². The van der Waals surface area contributed by atoms with Crippen molar-refractivity contribution in [3.63, 3.8) is 0 Å². The molecule has 0 bridgehead atoms. The lowest BCUT2D eigenvalue weighted by Gasteiger charge is -2.39. The van der Waals surface area contributed by atoms with Crippen LogP contribution in [0.3, 0.4) is 0 Å². The van der Waals surface area contributed by atoms with E-state index in [9.17, 15) is 9.59 Å². The van der Waals surface area contributed by atoms with E-state index in [4.69, 9.17) is 5.73 Å². The highest BCUT2D eigenvalue weighted by Gasteiger charge is 2.32. The molecular weight excluding hydrogens is 276 g/mol. The number of nitrogens with one attached hydrogen (secondary N) is 1. The number of hydrogen-bond acceptors (Lipinski definition) is 2. The van der Waals surface area contributed by atoms with Crippen molar-refractivity contribution in [3.8, 4) is 0 Å². The third-order valence-electron chi connectivity index (χ3n) is 5.54. The standard InChI is InChI=1S/C18H32N2O2/c19-17(21)8-2-1-5-11-20-18(22)13-14-9-10-15-6-3-4-7-16(15)12-14/h14-16H,1-13H2,(H2,19,21)(H,20,22). The molecule has 4 nitrogen and oxygen atoms in total. The van der Waals surface area contributed by atoms with Crippen LogP contribution in [0.15, 0.2) is 0 Å². The van der Waals surface area contributed by atoms with Gasteiger partial charge in [0.05, 0.1) is 0 Å². The highest BCUT2D eigenvalue weighted by Crippen LogP contribution is 2.43. The Hall–Kier alpha value is -1.06. The van der Waals surface area contributed by atoms with Crippen molar-refractivity contribution in [1.29, 1.82) is 0 Å². The average Bonchev–Trinajstić information content (AvgIpc) is 2.50. The lowest BCUT2D eigenvalue weighted by Crippen LogP contribution is -2.32. The van der Waals surface area contributed by atoms with Crippen LogP contribution < -0.4 is 11.1 Å². The molecule has 0 aromatic carbocycles. The number of fused-ring (bicyclic) bond motifs is 1. The lowest BCUT2D eigenvalue weighted by molar-refractivity contribution is -0.122. The summed E-state index contributed by atoms with van der Waals surface area (Å²) in [5.74, 6) is 2.44. The Morgan fingerprint density at radius 3 is 2.50 bits per heavy atom. The summed E-state index contributed by atoms with van der Waals surface area (Å²) in [5.41, 5.74) is 5.10. The largest absolute Gasteiger partial charge is 0.370 e. The van der Waals surface area contributed by atoms with Crippen LogP contribution in [0.2, 0.25) is 0 Å². The molecule has 2 amide bonds. The maximum absolute atomic E-state index is 12.0. The summed E-state index contributed by atoms with van der Waals surface area (Å²) in [4.78, 5) is 22.6. The fourth-order valence-electron chi connectivity index (χ4n) is 4.32. The Bertz CT molecular complexity index is 370. The second-order valence-electron chi connectivity index (χ2n) is 7.31. The number of unbranched alkanes of at least 4 members (excludes halogenated alkanes) is 2. The third kappa shape index (κ3) is 5.98. The molecular formula is C18H32N2O2. The van der Waals surface area contributed by atoms with Gasteiger partial charge in [-0.25, -0.2) is 0 Å². The summed E-state index contributed by atoms with van der Waals surface area (Å²) >= 11 is 0. The number of carbonyl (C=O) groups excluding carboxylic acids is 2. The normalized spacial score (nSPS) is 27.9. The van der Waals surface area contributed by atoms with E-state index >= 15 is 0 Å². The lowest BCUT2D eigenvalue weighted by atomic mass is 9.67. The summed E-state index contributed by atoms with van der Waals surface area (Å²) in [6.45, 7) is 0.733. The Kier molecular flexibility index (Phi) is 7.20. The van der Waals surface area contributed by atoms with Crippen LogP contribution in [-0.2, 0) is 9.59 Å². The van der Waals surface area contributed by atoms with Crippen LogP contribution in [-0.4, -0.2) is 18.4 Å². The van der Waals surface area contributed by atoms with Gasteiger partial charge in [-0.2, -0.15) is 0 Å². The molecule has 4 heteroatoms. The number of amides is 2. The van der Waals surface area contributed by atoms with Gasteiger partial charge in [0.2, 0.25) is 11.8 Å². The van der Waals surface area contributed by atoms with E-state index in [-0.39, 0.29) is 11.8 Å². The number of hydrogen-bond donors (Lipinski definition) is 2. The second kappa shape index (κ2) is 9.16. The van der Waals surface area contributed by atoms with Crippen molar-refractivity contribution in [2.75, 3.05) is 6.54 Å². The molecule has 22 heavy (non-hydrogen) atoms. The molecule has 0 saturated heterocycles. The monoisotopic (exact) mass is 308 g/mol. The van der Waals surface area contributed by atoms with E-state index in [0.29, 0.717) is 18.8 Å². The quantitative estimate of drug-likeness (QED) is 0.676. The number of carbonyl (C=O) groups is 2. The first-order valence-corrected chi connectivity index (χ1v) is 9.20. The highest BCUT2D eigenvalue weighted by molar-refractivity contribution is 5.76. The number of primary amides is 1. The van der Waals surface area contributed by atoms with Gasteiger partial charge in [0.1, 0.15) is 0 Å². The molecule has 2 saturated carbocycles. The van der Waals surface area contributed by atoms with Gasteiger partial charge in [-0.05, 0) is 49.9 Å². The fourth-order valence-corrected chi connectivity index (χ4v) is 4.32. The van der Waals surface area contributed by atoms with Crippen molar-refractivity contribution >= 4 is 11.8 Å².